The van der Waals surface area contributed by atoms with Gasteiger partial charge in [0.2, 0.25) is 0 Å². The Balaban J connectivity index is 1.28. The van der Waals surface area contributed by atoms with Gasteiger partial charge >= 0.3 is 0 Å². The van der Waals surface area contributed by atoms with Gasteiger partial charge in [0.05, 0.1) is 24.9 Å². The van der Waals surface area contributed by atoms with Crippen LogP contribution in [0.25, 0.3) is 0 Å². The lowest BCUT2D eigenvalue weighted by Crippen LogP contribution is -2.72. The van der Waals surface area contributed by atoms with Crippen LogP contribution in [0.4, 0.5) is 0 Å². The Morgan fingerprint density at radius 3 is 2.38 bits per heavy atom. The van der Waals surface area contributed by atoms with E-state index in [2.05, 4.69) is 21.7 Å². The van der Waals surface area contributed by atoms with Crippen molar-refractivity contribution < 1.29 is 9.47 Å². The molecular formula is C19H35N3O2. The molecule has 138 valence electrons. The van der Waals surface area contributed by atoms with E-state index in [0.717, 1.165) is 25.0 Å². The van der Waals surface area contributed by atoms with Gasteiger partial charge in [0.1, 0.15) is 0 Å². The molecule has 0 radical (unpaired) electrons. The predicted molar refractivity (Wildman–Crippen MR) is 95.3 cm³/mol. The van der Waals surface area contributed by atoms with E-state index < -0.39 is 0 Å². The molecule has 5 heteroatoms. The highest BCUT2D eigenvalue weighted by Crippen LogP contribution is 2.36. The molecule has 0 amide bonds. The number of piperazine rings is 1. The third kappa shape index (κ3) is 3.51. The van der Waals surface area contributed by atoms with Crippen LogP contribution in [0.2, 0.25) is 0 Å². The summed E-state index contributed by atoms with van der Waals surface area (Å²) in [5.74, 6) is 1.74. The molecule has 1 spiro atoms. The normalized spacial score (nSPS) is 35.8. The number of rotatable bonds is 5. The lowest BCUT2D eigenvalue weighted by atomic mass is 9.80. The fraction of sp³-hybridized carbons (Fsp3) is 1.00. The zero-order valence-corrected chi connectivity index (χ0v) is 15.6. The largest absolute Gasteiger partial charge is 0.381 e. The second kappa shape index (κ2) is 7.20. The molecule has 4 aliphatic rings. The Labute approximate surface area is 147 Å². The smallest absolute Gasteiger partial charge is 0.0807 e. The minimum atomic E-state index is 0.321. The second-order valence-corrected chi connectivity index (χ2v) is 8.84. The second-order valence-electron chi connectivity index (χ2n) is 8.84. The van der Waals surface area contributed by atoms with Crippen LogP contribution in [0.1, 0.15) is 25.7 Å². The topological polar surface area (TPSA) is 28.2 Å². The quantitative estimate of drug-likeness (QED) is 0.750. The van der Waals surface area contributed by atoms with Crippen molar-refractivity contribution in [3.05, 3.63) is 0 Å². The summed E-state index contributed by atoms with van der Waals surface area (Å²) in [7, 11) is 4.11. The number of hydrogen-bond donors (Lipinski definition) is 0. The van der Waals surface area contributed by atoms with Crippen molar-refractivity contribution in [3.8, 4) is 0 Å². The number of methoxy groups -OCH3 is 1. The first-order valence-corrected chi connectivity index (χ1v) is 9.93. The summed E-state index contributed by atoms with van der Waals surface area (Å²) in [4.78, 5) is 7.98. The maximum Gasteiger partial charge on any atom is 0.0807 e. The van der Waals surface area contributed by atoms with E-state index in [9.17, 15) is 0 Å². The maximum atomic E-state index is 5.67. The lowest BCUT2D eigenvalue weighted by molar-refractivity contribution is -0.179. The number of piperidine rings is 1. The van der Waals surface area contributed by atoms with Crippen molar-refractivity contribution in [2.45, 2.75) is 37.3 Å². The zero-order chi connectivity index (χ0) is 16.6. The molecule has 3 aliphatic heterocycles. The molecule has 0 atom stereocenters. The first-order chi connectivity index (χ1) is 11.7. The van der Waals surface area contributed by atoms with Crippen LogP contribution in [-0.4, -0.2) is 99.5 Å². The third-order valence-electron chi connectivity index (χ3n) is 6.98. The van der Waals surface area contributed by atoms with Crippen LogP contribution < -0.4 is 0 Å². The van der Waals surface area contributed by atoms with Gasteiger partial charge in [-0.15, -0.1) is 0 Å². The number of likely N-dealkylation sites (tertiary alicyclic amines) is 1. The molecule has 0 aromatic carbocycles. The van der Waals surface area contributed by atoms with Crippen molar-refractivity contribution >= 4 is 0 Å². The summed E-state index contributed by atoms with van der Waals surface area (Å²) >= 11 is 0. The summed E-state index contributed by atoms with van der Waals surface area (Å²) in [6, 6.07) is 0. The van der Waals surface area contributed by atoms with E-state index >= 15 is 0 Å². The summed E-state index contributed by atoms with van der Waals surface area (Å²) in [6.45, 7) is 10.7. The van der Waals surface area contributed by atoms with Crippen LogP contribution in [0.3, 0.4) is 0 Å². The molecule has 0 aromatic rings. The molecule has 4 rings (SSSR count). The molecule has 0 N–H and O–H groups in total. The van der Waals surface area contributed by atoms with E-state index in [-0.39, 0.29) is 0 Å². The highest BCUT2D eigenvalue weighted by molar-refractivity contribution is 5.03. The van der Waals surface area contributed by atoms with Crippen LogP contribution in [-0.2, 0) is 9.47 Å². The summed E-state index contributed by atoms with van der Waals surface area (Å²) in [5.41, 5.74) is 0.321. The first kappa shape index (κ1) is 17.2. The van der Waals surface area contributed by atoms with E-state index in [0.29, 0.717) is 11.6 Å². The molecular weight excluding hydrogens is 302 g/mol. The number of ether oxygens (including phenoxy) is 2. The molecule has 0 unspecified atom stereocenters. The fourth-order valence-electron chi connectivity index (χ4n) is 5.08. The van der Waals surface area contributed by atoms with Crippen LogP contribution in [0.15, 0.2) is 0 Å². The van der Waals surface area contributed by atoms with Crippen LogP contribution in [0, 0.1) is 11.8 Å². The molecule has 5 nitrogen and oxygen atoms in total. The lowest BCUT2D eigenvalue weighted by Gasteiger charge is -2.57. The highest BCUT2D eigenvalue weighted by atomic mass is 16.5. The monoisotopic (exact) mass is 337 g/mol. The van der Waals surface area contributed by atoms with E-state index in [1.54, 1.807) is 0 Å². The van der Waals surface area contributed by atoms with Crippen molar-refractivity contribution in [2.24, 2.45) is 11.8 Å². The predicted octanol–water partition coefficient (Wildman–Crippen LogP) is 1.14. The Kier molecular flexibility index (Phi) is 5.17. The first-order valence-electron chi connectivity index (χ1n) is 9.93. The average Bonchev–Trinajstić information content (AvgIpc) is 2.52. The Morgan fingerprint density at radius 1 is 1.00 bits per heavy atom. The van der Waals surface area contributed by atoms with Gasteiger partial charge in [0.15, 0.2) is 0 Å². The Morgan fingerprint density at radius 2 is 1.75 bits per heavy atom. The van der Waals surface area contributed by atoms with Crippen LogP contribution in [0.5, 0.6) is 0 Å². The van der Waals surface area contributed by atoms with E-state index in [4.69, 9.17) is 9.47 Å². The highest BCUT2D eigenvalue weighted by Gasteiger charge is 2.49. The van der Waals surface area contributed by atoms with Gasteiger partial charge in [-0.1, -0.05) is 0 Å². The van der Waals surface area contributed by atoms with Gasteiger partial charge in [-0.25, -0.2) is 0 Å². The molecule has 0 bridgehead atoms. The van der Waals surface area contributed by atoms with Crippen molar-refractivity contribution in [2.75, 3.05) is 73.2 Å². The van der Waals surface area contributed by atoms with Gasteiger partial charge in [-0.05, 0) is 57.7 Å². The third-order valence-corrected chi connectivity index (χ3v) is 6.98. The number of nitrogens with zero attached hydrogens (tertiary/aromatic N) is 3. The fourth-order valence-corrected chi connectivity index (χ4v) is 5.08. The molecule has 3 heterocycles. The van der Waals surface area contributed by atoms with Gasteiger partial charge in [0, 0.05) is 39.8 Å². The molecule has 4 fully saturated rings. The van der Waals surface area contributed by atoms with Crippen molar-refractivity contribution in [1.29, 1.82) is 0 Å². The SMILES string of the molecule is CO[C@H]1C[C@H](CN2CCN(CC3CCN(C)CC3)CC23COC3)C1. The van der Waals surface area contributed by atoms with Crippen LogP contribution >= 0.6 is 0 Å². The number of hydrogen-bond acceptors (Lipinski definition) is 5. The van der Waals surface area contributed by atoms with Gasteiger partial charge in [-0.3, -0.25) is 9.80 Å². The molecule has 1 aliphatic carbocycles. The van der Waals surface area contributed by atoms with Gasteiger partial charge < -0.3 is 14.4 Å². The van der Waals surface area contributed by atoms with E-state index in [1.807, 2.05) is 7.11 Å². The van der Waals surface area contributed by atoms with Crippen molar-refractivity contribution in [3.63, 3.8) is 0 Å². The Bertz CT molecular complexity index is 415. The standard InChI is InChI=1S/C19H35N3O2/c1-20-5-3-16(4-6-20)11-21-7-8-22(19(13-21)14-24-15-19)12-17-9-18(10-17)23-2/h16-18H,3-15H2,1-2H3/t17-,18-. The zero-order valence-electron chi connectivity index (χ0n) is 15.6. The van der Waals surface area contributed by atoms with Gasteiger partial charge in [0.25, 0.3) is 0 Å². The summed E-state index contributed by atoms with van der Waals surface area (Å²) in [6.07, 6.45) is 5.78. The molecule has 0 aromatic heterocycles. The molecule has 24 heavy (non-hydrogen) atoms. The molecule has 1 saturated carbocycles. The summed E-state index contributed by atoms with van der Waals surface area (Å²) < 4.78 is 11.1. The van der Waals surface area contributed by atoms with Crippen molar-refractivity contribution in [1.82, 2.24) is 14.7 Å². The average molecular weight is 338 g/mol. The minimum absolute atomic E-state index is 0.321. The summed E-state index contributed by atoms with van der Waals surface area (Å²) in [5, 5.41) is 0. The Hall–Kier alpha value is -0.200. The molecule has 3 saturated heterocycles. The minimum Gasteiger partial charge on any atom is -0.381 e. The van der Waals surface area contributed by atoms with Gasteiger partial charge in [-0.2, -0.15) is 0 Å². The maximum absolute atomic E-state index is 5.67. The van der Waals surface area contributed by atoms with E-state index in [1.165, 1.54) is 71.5 Å².